The van der Waals surface area contributed by atoms with Crippen molar-refractivity contribution in [3.05, 3.63) is 46.9 Å². The van der Waals surface area contributed by atoms with Crippen molar-refractivity contribution in [1.82, 2.24) is 0 Å². The Morgan fingerprint density at radius 2 is 1.94 bits per heavy atom. The fourth-order valence-electron chi connectivity index (χ4n) is 1.62. The Bertz CT molecular complexity index is 523. The Morgan fingerprint density at radius 3 is 2.65 bits per heavy atom. The molecule has 2 aromatic carbocycles. The number of rotatable bonds is 3. The van der Waals surface area contributed by atoms with Gasteiger partial charge in [-0.25, -0.2) is 0 Å². The van der Waals surface area contributed by atoms with Crippen molar-refractivity contribution in [3.8, 4) is 22.6 Å². The fraction of sp³-hybridized carbons (Fsp3) is 0.143. The maximum Gasteiger partial charge on any atom is 0.127 e. The Labute approximate surface area is 109 Å². The SMILES string of the molecule is COc1ccc(Br)c(-c2[c]cccc2OC)c1. The molecule has 2 aromatic rings. The van der Waals surface area contributed by atoms with Gasteiger partial charge in [0.05, 0.1) is 14.2 Å². The molecule has 0 amide bonds. The van der Waals surface area contributed by atoms with Crippen molar-refractivity contribution in [3.63, 3.8) is 0 Å². The summed E-state index contributed by atoms with van der Waals surface area (Å²) >= 11 is 3.53. The first-order valence-electron chi connectivity index (χ1n) is 5.15. The Hall–Kier alpha value is -1.48. The van der Waals surface area contributed by atoms with E-state index >= 15 is 0 Å². The Kier molecular flexibility index (Phi) is 3.69. The number of hydrogen-bond donors (Lipinski definition) is 0. The van der Waals surface area contributed by atoms with E-state index in [9.17, 15) is 0 Å². The van der Waals surface area contributed by atoms with Gasteiger partial charge < -0.3 is 9.47 Å². The first-order valence-corrected chi connectivity index (χ1v) is 5.94. The van der Waals surface area contributed by atoms with Gasteiger partial charge in [0.25, 0.3) is 0 Å². The van der Waals surface area contributed by atoms with E-state index in [2.05, 4.69) is 22.0 Å². The molecule has 0 N–H and O–H groups in total. The van der Waals surface area contributed by atoms with Crippen LogP contribution in [0.4, 0.5) is 0 Å². The lowest BCUT2D eigenvalue weighted by molar-refractivity contribution is 0.413. The van der Waals surface area contributed by atoms with Crippen LogP contribution >= 0.6 is 15.9 Å². The summed E-state index contributed by atoms with van der Waals surface area (Å²) in [6, 6.07) is 14.7. The van der Waals surface area contributed by atoms with Crippen LogP contribution in [0, 0.1) is 6.07 Å². The summed E-state index contributed by atoms with van der Waals surface area (Å²) in [5, 5.41) is 0. The van der Waals surface area contributed by atoms with Crippen LogP contribution in [-0.2, 0) is 0 Å². The summed E-state index contributed by atoms with van der Waals surface area (Å²) < 4.78 is 11.5. The second kappa shape index (κ2) is 5.23. The van der Waals surface area contributed by atoms with Crippen molar-refractivity contribution in [2.45, 2.75) is 0 Å². The van der Waals surface area contributed by atoms with Crippen LogP contribution in [0.25, 0.3) is 11.1 Å². The minimum absolute atomic E-state index is 0.793. The van der Waals surface area contributed by atoms with Crippen molar-refractivity contribution in [2.75, 3.05) is 14.2 Å². The number of hydrogen-bond acceptors (Lipinski definition) is 2. The van der Waals surface area contributed by atoms with Gasteiger partial charge in [0.15, 0.2) is 0 Å². The molecule has 1 radical (unpaired) electrons. The highest BCUT2D eigenvalue weighted by atomic mass is 79.9. The molecule has 0 aliphatic carbocycles. The Balaban J connectivity index is 2.59. The zero-order chi connectivity index (χ0) is 12.3. The van der Waals surface area contributed by atoms with Gasteiger partial charge in [-0.1, -0.05) is 28.1 Å². The molecule has 3 heteroatoms. The molecular weight excluding hydrogens is 280 g/mol. The van der Waals surface area contributed by atoms with Crippen LogP contribution in [0.15, 0.2) is 40.9 Å². The van der Waals surface area contributed by atoms with Gasteiger partial charge in [-0.05, 0) is 30.3 Å². The number of halogens is 1. The second-order valence-electron chi connectivity index (χ2n) is 3.46. The molecule has 17 heavy (non-hydrogen) atoms. The molecule has 0 heterocycles. The van der Waals surface area contributed by atoms with Gasteiger partial charge in [0.1, 0.15) is 11.5 Å². The summed E-state index contributed by atoms with van der Waals surface area (Å²) in [4.78, 5) is 0. The molecule has 0 saturated carbocycles. The average molecular weight is 292 g/mol. The largest absolute Gasteiger partial charge is 0.497 e. The lowest BCUT2D eigenvalue weighted by Crippen LogP contribution is -1.90. The predicted octanol–water partition coefficient (Wildman–Crippen LogP) is 3.93. The van der Waals surface area contributed by atoms with E-state index in [1.54, 1.807) is 14.2 Å². The molecule has 0 saturated heterocycles. The quantitative estimate of drug-likeness (QED) is 0.853. The lowest BCUT2D eigenvalue weighted by Gasteiger charge is -2.11. The smallest absolute Gasteiger partial charge is 0.127 e. The van der Waals surface area contributed by atoms with E-state index < -0.39 is 0 Å². The first kappa shape index (κ1) is 12.0. The topological polar surface area (TPSA) is 18.5 Å². The normalized spacial score (nSPS) is 10.1. The fourth-order valence-corrected chi connectivity index (χ4v) is 2.07. The molecule has 87 valence electrons. The van der Waals surface area contributed by atoms with Crippen molar-refractivity contribution in [1.29, 1.82) is 0 Å². The summed E-state index contributed by atoms with van der Waals surface area (Å²) in [6.07, 6.45) is 0. The summed E-state index contributed by atoms with van der Waals surface area (Å²) in [6.45, 7) is 0. The monoisotopic (exact) mass is 291 g/mol. The zero-order valence-corrected chi connectivity index (χ0v) is 11.2. The van der Waals surface area contributed by atoms with E-state index in [1.165, 1.54) is 0 Å². The molecule has 0 spiro atoms. The number of methoxy groups -OCH3 is 2. The number of ether oxygens (including phenoxy) is 2. The van der Waals surface area contributed by atoms with Crippen LogP contribution in [0.5, 0.6) is 11.5 Å². The highest BCUT2D eigenvalue weighted by molar-refractivity contribution is 9.10. The van der Waals surface area contributed by atoms with Gasteiger partial charge in [-0.15, -0.1) is 0 Å². The average Bonchev–Trinajstić information content (AvgIpc) is 2.39. The number of benzene rings is 2. The molecule has 0 atom stereocenters. The molecule has 0 aliphatic heterocycles. The summed E-state index contributed by atoms with van der Waals surface area (Å²) in [5.74, 6) is 1.60. The van der Waals surface area contributed by atoms with Gasteiger partial charge >= 0.3 is 0 Å². The van der Waals surface area contributed by atoms with Crippen LogP contribution in [-0.4, -0.2) is 14.2 Å². The molecule has 0 bridgehead atoms. The van der Waals surface area contributed by atoms with Gasteiger partial charge in [-0.2, -0.15) is 0 Å². The molecule has 2 nitrogen and oxygen atoms in total. The Morgan fingerprint density at radius 1 is 1.12 bits per heavy atom. The second-order valence-corrected chi connectivity index (χ2v) is 4.31. The van der Waals surface area contributed by atoms with E-state index in [0.717, 1.165) is 27.1 Å². The van der Waals surface area contributed by atoms with Crippen LogP contribution in [0.3, 0.4) is 0 Å². The van der Waals surface area contributed by atoms with Crippen molar-refractivity contribution < 1.29 is 9.47 Å². The summed E-state index contributed by atoms with van der Waals surface area (Å²) in [5.41, 5.74) is 1.92. The molecule has 2 rings (SSSR count). The predicted molar refractivity (Wildman–Crippen MR) is 71.5 cm³/mol. The van der Waals surface area contributed by atoms with E-state index in [0.29, 0.717) is 0 Å². The van der Waals surface area contributed by atoms with E-state index in [1.807, 2.05) is 36.4 Å². The highest BCUT2D eigenvalue weighted by Crippen LogP contribution is 2.36. The third-order valence-corrected chi connectivity index (χ3v) is 3.17. The maximum atomic E-state index is 5.34. The van der Waals surface area contributed by atoms with Crippen molar-refractivity contribution in [2.24, 2.45) is 0 Å². The minimum Gasteiger partial charge on any atom is -0.497 e. The standard InChI is InChI=1S/C14H12BrO2/c1-16-10-7-8-13(15)12(9-10)11-5-3-4-6-14(11)17-2/h3-4,6-9H,1-2H3. The molecule has 0 fully saturated rings. The van der Waals surface area contributed by atoms with Crippen molar-refractivity contribution >= 4 is 15.9 Å². The molecular formula is C14H12BrO2. The van der Waals surface area contributed by atoms with Gasteiger partial charge in [0.2, 0.25) is 0 Å². The molecule has 0 aromatic heterocycles. The third-order valence-electron chi connectivity index (χ3n) is 2.48. The lowest BCUT2D eigenvalue weighted by atomic mass is 10.0. The summed E-state index contributed by atoms with van der Waals surface area (Å²) in [7, 11) is 3.31. The zero-order valence-electron chi connectivity index (χ0n) is 9.66. The third kappa shape index (κ3) is 2.44. The van der Waals surface area contributed by atoms with E-state index in [4.69, 9.17) is 9.47 Å². The van der Waals surface area contributed by atoms with Gasteiger partial charge in [-0.3, -0.25) is 0 Å². The molecule has 0 unspecified atom stereocenters. The van der Waals surface area contributed by atoms with E-state index in [-0.39, 0.29) is 0 Å². The highest BCUT2D eigenvalue weighted by Gasteiger charge is 2.09. The van der Waals surface area contributed by atoms with Gasteiger partial charge in [0, 0.05) is 15.6 Å². The van der Waals surface area contributed by atoms with Crippen LogP contribution in [0.2, 0.25) is 0 Å². The molecule has 0 aliphatic rings. The van der Waals surface area contributed by atoms with Crippen LogP contribution < -0.4 is 9.47 Å². The van der Waals surface area contributed by atoms with Crippen LogP contribution in [0.1, 0.15) is 0 Å². The first-order chi connectivity index (χ1) is 8.26. The minimum atomic E-state index is 0.793. The maximum absolute atomic E-state index is 5.34.